The van der Waals surface area contributed by atoms with Crippen LogP contribution in [0, 0.1) is 6.92 Å². The first-order valence-electron chi connectivity index (χ1n) is 9.31. The van der Waals surface area contributed by atoms with Crippen LogP contribution in [0.25, 0.3) is 0 Å². The van der Waals surface area contributed by atoms with E-state index < -0.39 is 0 Å². The van der Waals surface area contributed by atoms with E-state index in [2.05, 4.69) is 51.6 Å². The Balaban J connectivity index is 1.47. The quantitative estimate of drug-likeness (QED) is 0.865. The Morgan fingerprint density at radius 2 is 1.92 bits per heavy atom. The van der Waals surface area contributed by atoms with E-state index in [1.54, 1.807) is 0 Å². The van der Waals surface area contributed by atoms with Gasteiger partial charge in [0.25, 0.3) is 0 Å². The van der Waals surface area contributed by atoms with Crippen molar-refractivity contribution in [2.24, 2.45) is 0 Å². The van der Waals surface area contributed by atoms with E-state index >= 15 is 0 Å². The molecule has 1 N–H and O–H groups in total. The number of nitrogens with one attached hydrogen (secondary N) is 1. The molecule has 6 nitrogen and oxygen atoms in total. The first-order valence-corrected chi connectivity index (χ1v) is 9.31. The monoisotopic (exact) mass is 353 g/mol. The van der Waals surface area contributed by atoms with Crippen LogP contribution in [0.4, 0.5) is 11.6 Å². The summed E-state index contributed by atoms with van der Waals surface area (Å²) in [5, 5.41) is 11.6. The summed E-state index contributed by atoms with van der Waals surface area (Å²) in [4.78, 5) is 16.6. The minimum Gasteiger partial charge on any atom is -0.369 e. The Bertz CT molecular complexity index is 723. The highest BCUT2D eigenvalue weighted by Crippen LogP contribution is 2.15. The summed E-state index contributed by atoms with van der Waals surface area (Å²) in [6, 6.07) is 12.3. The van der Waals surface area contributed by atoms with Crippen molar-refractivity contribution in [1.82, 2.24) is 15.1 Å². The normalized spacial score (nSPS) is 14.4. The number of piperazine rings is 1. The molecule has 3 rings (SSSR count). The van der Waals surface area contributed by atoms with Gasteiger partial charge in [0.2, 0.25) is 5.91 Å². The fraction of sp³-hybridized carbons (Fsp3) is 0.450. The summed E-state index contributed by atoms with van der Waals surface area (Å²) >= 11 is 0. The second-order valence-electron chi connectivity index (χ2n) is 6.66. The lowest BCUT2D eigenvalue weighted by Crippen LogP contribution is -2.49. The minimum absolute atomic E-state index is 0.236. The van der Waals surface area contributed by atoms with Crippen molar-refractivity contribution in [3.05, 3.63) is 47.5 Å². The number of hydrogen-bond acceptors (Lipinski definition) is 5. The number of carbonyl (C=O) groups is 1. The van der Waals surface area contributed by atoms with Crippen LogP contribution >= 0.6 is 0 Å². The number of rotatable bonds is 6. The van der Waals surface area contributed by atoms with Crippen LogP contribution in [0.15, 0.2) is 36.4 Å². The first-order chi connectivity index (χ1) is 12.7. The van der Waals surface area contributed by atoms with Crippen LogP contribution < -0.4 is 10.2 Å². The predicted octanol–water partition coefficient (Wildman–Crippen LogP) is 2.50. The molecule has 1 fully saturated rings. The molecule has 0 bridgehead atoms. The second kappa shape index (κ2) is 8.65. The van der Waals surface area contributed by atoms with E-state index in [0.29, 0.717) is 6.42 Å². The van der Waals surface area contributed by atoms with E-state index in [1.807, 2.05) is 24.0 Å². The number of nitrogens with zero attached hydrogens (tertiary/aromatic N) is 4. The Hall–Kier alpha value is -2.63. The Labute approximate surface area is 155 Å². The van der Waals surface area contributed by atoms with Gasteiger partial charge in [-0.1, -0.05) is 29.8 Å². The molecule has 6 heteroatoms. The van der Waals surface area contributed by atoms with Gasteiger partial charge in [0.1, 0.15) is 5.82 Å². The largest absolute Gasteiger partial charge is 0.369 e. The molecular formula is C20H27N5O. The molecule has 0 saturated carbocycles. The number of benzene rings is 1. The van der Waals surface area contributed by atoms with Crippen molar-refractivity contribution in [3.63, 3.8) is 0 Å². The van der Waals surface area contributed by atoms with Crippen molar-refractivity contribution in [2.75, 3.05) is 42.9 Å². The Morgan fingerprint density at radius 3 is 2.58 bits per heavy atom. The number of anilines is 2. The maximum Gasteiger partial charge on any atom is 0.223 e. The highest BCUT2D eigenvalue weighted by atomic mass is 16.2. The van der Waals surface area contributed by atoms with Crippen molar-refractivity contribution in [1.29, 1.82) is 0 Å². The SMILES string of the molecule is CCNc1ccc(N2CCN(C(=O)CCc3cccc(C)c3)CC2)nn1. The second-order valence-corrected chi connectivity index (χ2v) is 6.66. The predicted molar refractivity (Wildman–Crippen MR) is 104 cm³/mol. The topological polar surface area (TPSA) is 61.4 Å². The molecule has 0 atom stereocenters. The van der Waals surface area contributed by atoms with Gasteiger partial charge in [0.05, 0.1) is 0 Å². The zero-order valence-corrected chi connectivity index (χ0v) is 15.6. The maximum atomic E-state index is 12.5. The minimum atomic E-state index is 0.236. The summed E-state index contributed by atoms with van der Waals surface area (Å²) in [5.74, 6) is 1.90. The number of hydrogen-bond donors (Lipinski definition) is 1. The molecule has 26 heavy (non-hydrogen) atoms. The average molecular weight is 353 g/mol. The van der Waals surface area contributed by atoms with Crippen molar-refractivity contribution < 1.29 is 4.79 Å². The van der Waals surface area contributed by atoms with Gasteiger partial charge in [-0.3, -0.25) is 4.79 Å². The summed E-state index contributed by atoms with van der Waals surface area (Å²) in [7, 11) is 0. The Morgan fingerprint density at radius 1 is 1.12 bits per heavy atom. The van der Waals surface area contributed by atoms with E-state index in [4.69, 9.17) is 0 Å². The lowest BCUT2D eigenvalue weighted by Gasteiger charge is -2.35. The maximum absolute atomic E-state index is 12.5. The van der Waals surface area contributed by atoms with Gasteiger partial charge in [-0.05, 0) is 38.0 Å². The van der Waals surface area contributed by atoms with E-state index in [1.165, 1.54) is 11.1 Å². The van der Waals surface area contributed by atoms with Gasteiger partial charge < -0.3 is 15.1 Å². The van der Waals surface area contributed by atoms with E-state index in [9.17, 15) is 4.79 Å². The highest BCUT2D eigenvalue weighted by Gasteiger charge is 2.21. The summed E-state index contributed by atoms with van der Waals surface area (Å²) in [6.45, 7) is 8.02. The molecule has 1 amide bonds. The standard InChI is InChI=1S/C20H27N5O/c1-3-21-18-8-9-19(23-22-18)24-11-13-25(14-12-24)20(26)10-7-17-6-4-5-16(2)15-17/h4-6,8-9,15H,3,7,10-14H2,1-2H3,(H,21,22). The van der Waals surface area contributed by atoms with Crippen LogP contribution in [0.5, 0.6) is 0 Å². The number of aryl methyl sites for hydroxylation is 2. The van der Waals surface area contributed by atoms with Gasteiger partial charge in [-0.2, -0.15) is 0 Å². The fourth-order valence-electron chi connectivity index (χ4n) is 3.23. The molecule has 0 radical (unpaired) electrons. The van der Waals surface area contributed by atoms with Crippen LogP contribution in [-0.2, 0) is 11.2 Å². The van der Waals surface area contributed by atoms with Crippen molar-refractivity contribution in [3.8, 4) is 0 Å². The molecule has 1 aliphatic heterocycles. The summed E-state index contributed by atoms with van der Waals surface area (Å²) in [6.07, 6.45) is 1.37. The molecule has 0 aliphatic carbocycles. The lowest BCUT2D eigenvalue weighted by atomic mass is 10.1. The molecule has 2 heterocycles. The fourth-order valence-corrected chi connectivity index (χ4v) is 3.23. The zero-order valence-electron chi connectivity index (χ0n) is 15.6. The van der Waals surface area contributed by atoms with Crippen LogP contribution in [-0.4, -0.2) is 53.7 Å². The van der Waals surface area contributed by atoms with Gasteiger partial charge in [0.15, 0.2) is 5.82 Å². The Kier molecular flexibility index (Phi) is 6.04. The highest BCUT2D eigenvalue weighted by molar-refractivity contribution is 5.76. The number of aromatic nitrogens is 2. The molecule has 1 aromatic heterocycles. The number of carbonyl (C=O) groups excluding carboxylic acids is 1. The summed E-state index contributed by atoms with van der Waals surface area (Å²) in [5.41, 5.74) is 2.47. The molecule has 138 valence electrons. The third-order valence-electron chi connectivity index (χ3n) is 4.67. The third-order valence-corrected chi connectivity index (χ3v) is 4.67. The van der Waals surface area contributed by atoms with Crippen LogP contribution in [0.3, 0.4) is 0 Å². The van der Waals surface area contributed by atoms with E-state index in [-0.39, 0.29) is 5.91 Å². The van der Waals surface area contributed by atoms with Gasteiger partial charge in [-0.15, -0.1) is 10.2 Å². The molecule has 2 aromatic rings. The van der Waals surface area contributed by atoms with Crippen molar-refractivity contribution >= 4 is 17.5 Å². The van der Waals surface area contributed by atoms with Gasteiger partial charge in [-0.25, -0.2) is 0 Å². The molecule has 1 aromatic carbocycles. The molecular weight excluding hydrogens is 326 g/mol. The molecule has 0 unspecified atom stereocenters. The average Bonchev–Trinajstić information content (AvgIpc) is 2.67. The van der Waals surface area contributed by atoms with Gasteiger partial charge >= 0.3 is 0 Å². The van der Waals surface area contributed by atoms with Gasteiger partial charge in [0, 0.05) is 39.1 Å². The first kappa shape index (κ1) is 18.2. The summed E-state index contributed by atoms with van der Waals surface area (Å²) < 4.78 is 0. The number of amides is 1. The molecule has 1 aliphatic rings. The lowest BCUT2D eigenvalue weighted by molar-refractivity contribution is -0.131. The van der Waals surface area contributed by atoms with Crippen LogP contribution in [0.1, 0.15) is 24.5 Å². The van der Waals surface area contributed by atoms with Crippen molar-refractivity contribution in [2.45, 2.75) is 26.7 Å². The molecule has 0 spiro atoms. The molecule has 1 saturated heterocycles. The zero-order chi connectivity index (χ0) is 18.4. The van der Waals surface area contributed by atoms with E-state index in [0.717, 1.165) is 50.8 Å². The third kappa shape index (κ3) is 4.71. The smallest absolute Gasteiger partial charge is 0.223 e. The van der Waals surface area contributed by atoms with Crippen LogP contribution in [0.2, 0.25) is 0 Å².